The van der Waals surface area contributed by atoms with Gasteiger partial charge >= 0.3 is 0 Å². The van der Waals surface area contributed by atoms with Gasteiger partial charge in [-0.15, -0.1) is 0 Å². The molecule has 20 heavy (non-hydrogen) atoms. The van der Waals surface area contributed by atoms with E-state index in [1.807, 2.05) is 25.1 Å². The number of halogens is 1. The Kier molecular flexibility index (Phi) is 4.16. The van der Waals surface area contributed by atoms with Crippen molar-refractivity contribution in [3.63, 3.8) is 0 Å². The normalized spacial score (nSPS) is 26.2. The highest BCUT2D eigenvalue weighted by atomic mass is 79.9. The second kappa shape index (κ2) is 5.88. The number of hydrogen-bond acceptors (Lipinski definition) is 1. The number of rotatable bonds is 1. The molecule has 2 fully saturated rings. The summed E-state index contributed by atoms with van der Waals surface area (Å²) in [7, 11) is 0. The minimum absolute atomic E-state index is 0.236. The van der Waals surface area contributed by atoms with Crippen LogP contribution in [-0.4, -0.2) is 23.4 Å². The first-order valence-electron chi connectivity index (χ1n) is 7.74. The Morgan fingerprint density at radius 1 is 1.20 bits per heavy atom. The highest BCUT2D eigenvalue weighted by Gasteiger charge is 2.36. The largest absolute Gasteiger partial charge is 0.335 e. The summed E-state index contributed by atoms with van der Waals surface area (Å²) in [5.74, 6) is 0.981. The number of benzene rings is 1. The molecule has 1 amide bonds. The minimum atomic E-state index is 0.236. The van der Waals surface area contributed by atoms with Crippen molar-refractivity contribution in [1.82, 2.24) is 4.90 Å². The Hall–Kier alpha value is -0.830. The zero-order valence-corrected chi connectivity index (χ0v) is 13.7. The molecule has 2 aliphatic rings. The van der Waals surface area contributed by atoms with Gasteiger partial charge in [0.25, 0.3) is 5.91 Å². The maximum absolute atomic E-state index is 12.9. The number of amides is 1. The minimum Gasteiger partial charge on any atom is -0.335 e. The van der Waals surface area contributed by atoms with Gasteiger partial charge in [0.15, 0.2) is 0 Å². The zero-order chi connectivity index (χ0) is 14.1. The smallest absolute Gasteiger partial charge is 0.254 e. The summed E-state index contributed by atoms with van der Waals surface area (Å²) in [5.41, 5.74) is 1.95. The van der Waals surface area contributed by atoms with Gasteiger partial charge < -0.3 is 4.90 Å². The maximum atomic E-state index is 12.9. The van der Waals surface area contributed by atoms with E-state index in [0.717, 1.165) is 28.1 Å². The first kappa shape index (κ1) is 14.1. The fourth-order valence-electron chi connectivity index (χ4n) is 3.86. The molecular formula is C17H22BrNO. The van der Waals surface area contributed by atoms with E-state index < -0.39 is 0 Å². The van der Waals surface area contributed by atoms with Crippen molar-refractivity contribution in [3.8, 4) is 0 Å². The molecule has 108 valence electrons. The summed E-state index contributed by atoms with van der Waals surface area (Å²) in [4.78, 5) is 15.1. The highest BCUT2D eigenvalue weighted by Crippen LogP contribution is 2.36. The first-order valence-corrected chi connectivity index (χ1v) is 8.53. The average Bonchev–Trinajstić information content (AvgIpc) is 2.48. The molecule has 0 radical (unpaired) electrons. The fraction of sp³-hybridized carbons (Fsp3) is 0.588. The fourth-order valence-corrected chi connectivity index (χ4v) is 4.22. The number of nitrogens with zero attached hydrogens (tertiary/aromatic N) is 1. The van der Waals surface area contributed by atoms with Crippen LogP contribution < -0.4 is 0 Å². The van der Waals surface area contributed by atoms with Gasteiger partial charge in [0.1, 0.15) is 0 Å². The lowest BCUT2D eigenvalue weighted by molar-refractivity contribution is 0.0390. The summed E-state index contributed by atoms with van der Waals surface area (Å²) < 4.78 is 0.989. The molecule has 2 nitrogen and oxygen atoms in total. The van der Waals surface area contributed by atoms with E-state index in [2.05, 4.69) is 20.8 Å². The standard InChI is InChI=1S/C17H22BrNO/c1-12-8-9-14(18)11-15(12)17(20)19-10-4-6-13-5-2-3-7-16(13)19/h8-9,11,13,16H,2-7,10H2,1H3. The number of likely N-dealkylation sites (tertiary alicyclic amines) is 1. The lowest BCUT2D eigenvalue weighted by Crippen LogP contribution is -2.49. The van der Waals surface area contributed by atoms with Crippen molar-refractivity contribution in [2.45, 2.75) is 51.5 Å². The second-order valence-corrected chi connectivity index (χ2v) is 7.13. The molecule has 1 aliphatic carbocycles. The van der Waals surface area contributed by atoms with Crippen molar-refractivity contribution in [2.75, 3.05) is 6.54 Å². The van der Waals surface area contributed by atoms with Crippen molar-refractivity contribution in [1.29, 1.82) is 0 Å². The third-order valence-electron chi connectivity index (χ3n) is 4.93. The third kappa shape index (κ3) is 2.65. The predicted molar refractivity (Wildman–Crippen MR) is 84.9 cm³/mol. The molecule has 1 heterocycles. The second-order valence-electron chi connectivity index (χ2n) is 6.21. The Balaban J connectivity index is 1.87. The molecule has 1 saturated heterocycles. The van der Waals surface area contributed by atoms with Crippen LogP contribution in [0.15, 0.2) is 22.7 Å². The predicted octanol–water partition coefficient (Wildman–Crippen LogP) is 4.55. The average molecular weight is 336 g/mol. The number of carbonyl (C=O) groups excluding carboxylic acids is 1. The van der Waals surface area contributed by atoms with Crippen LogP contribution in [0.2, 0.25) is 0 Å². The molecule has 0 spiro atoms. The molecule has 2 atom stereocenters. The topological polar surface area (TPSA) is 20.3 Å². The summed E-state index contributed by atoms with van der Waals surface area (Å²) in [6, 6.07) is 6.50. The summed E-state index contributed by atoms with van der Waals surface area (Å²) in [6.07, 6.45) is 7.61. The first-order chi connectivity index (χ1) is 9.66. The number of carbonyl (C=O) groups is 1. The van der Waals surface area contributed by atoms with Crippen molar-refractivity contribution >= 4 is 21.8 Å². The van der Waals surface area contributed by atoms with Gasteiger partial charge in [-0.05, 0) is 56.2 Å². The Bertz CT molecular complexity index is 512. The molecular weight excluding hydrogens is 314 g/mol. The van der Waals surface area contributed by atoms with Gasteiger partial charge in [-0.2, -0.15) is 0 Å². The number of fused-ring (bicyclic) bond motifs is 1. The van der Waals surface area contributed by atoms with Crippen LogP contribution in [0.3, 0.4) is 0 Å². The SMILES string of the molecule is Cc1ccc(Br)cc1C(=O)N1CCCC2CCCCC21. The lowest BCUT2D eigenvalue weighted by Gasteiger charge is -2.44. The molecule has 1 aromatic carbocycles. The van der Waals surface area contributed by atoms with Crippen LogP contribution >= 0.6 is 15.9 Å². The summed E-state index contributed by atoms with van der Waals surface area (Å²) in [5, 5.41) is 0. The van der Waals surface area contributed by atoms with Crippen LogP contribution in [0.5, 0.6) is 0 Å². The van der Waals surface area contributed by atoms with Crippen LogP contribution in [-0.2, 0) is 0 Å². The lowest BCUT2D eigenvalue weighted by atomic mass is 9.78. The molecule has 0 bridgehead atoms. The van der Waals surface area contributed by atoms with Crippen molar-refractivity contribution in [3.05, 3.63) is 33.8 Å². The summed E-state index contributed by atoms with van der Waals surface area (Å²) in [6.45, 7) is 2.97. The van der Waals surface area contributed by atoms with Crippen LogP contribution in [0, 0.1) is 12.8 Å². The van der Waals surface area contributed by atoms with Crippen molar-refractivity contribution < 1.29 is 4.79 Å². The van der Waals surface area contributed by atoms with E-state index in [1.165, 1.54) is 38.5 Å². The molecule has 2 unspecified atom stereocenters. The van der Waals surface area contributed by atoms with E-state index in [0.29, 0.717) is 6.04 Å². The molecule has 1 aromatic rings. The zero-order valence-electron chi connectivity index (χ0n) is 12.1. The van der Waals surface area contributed by atoms with E-state index >= 15 is 0 Å². The molecule has 3 rings (SSSR count). The van der Waals surface area contributed by atoms with Gasteiger partial charge in [-0.25, -0.2) is 0 Å². The number of hydrogen-bond donors (Lipinski definition) is 0. The van der Waals surface area contributed by atoms with E-state index in [9.17, 15) is 4.79 Å². The highest BCUT2D eigenvalue weighted by molar-refractivity contribution is 9.10. The van der Waals surface area contributed by atoms with Gasteiger partial charge in [-0.3, -0.25) is 4.79 Å². The van der Waals surface area contributed by atoms with Gasteiger partial charge in [0, 0.05) is 22.6 Å². The Labute approximate surface area is 129 Å². The third-order valence-corrected chi connectivity index (χ3v) is 5.43. The van der Waals surface area contributed by atoms with Crippen molar-refractivity contribution in [2.24, 2.45) is 5.92 Å². The molecule has 0 aromatic heterocycles. The van der Waals surface area contributed by atoms with Crippen LogP contribution in [0.25, 0.3) is 0 Å². The Morgan fingerprint density at radius 2 is 1.95 bits per heavy atom. The van der Waals surface area contributed by atoms with Gasteiger partial charge in [-0.1, -0.05) is 34.8 Å². The monoisotopic (exact) mass is 335 g/mol. The van der Waals surface area contributed by atoms with E-state index in [4.69, 9.17) is 0 Å². The van der Waals surface area contributed by atoms with E-state index in [-0.39, 0.29) is 5.91 Å². The molecule has 0 N–H and O–H groups in total. The Morgan fingerprint density at radius 3 is 2.80 bits per heavy atom. The van der Waals surface area contributed by atoms with Gasteiger partial charge in [0.05, 0.1) is 0 Å². The summed E-state index contributed by atoms with van der Waals surface area (Å²) >= 11 is 3.49. The quantitative estimate of drug-likeness (QED) is 0.737. The van der Waals surface area contributed by atoms with E-state index in [1.54, 1.807) is 0 Å². The molecule has 3 heteroatoms. The molecule has 1 saturated carbocycles. The van der Waals surface area contributed by atoms with Crippen LogP contribution in [0.1, 0.15) is 54.4 Å². The molecule has 1 aliphatic heterocycles. The van der Waals surface area contributed by atoms with Crippen LogP contribution in [0.4, 0.5) is 0 Å². The number of aryl methyl sites for hydroxylation is 1. The number of piperidine rings is 1. The maximum Gasteiger partial charge on any atom is 0.254 e. The van der Waals surface area contributed by atoms with Gasteiger partial charge in [0.2, 0.25) is 0 Å².